The first kappa shape index (κ1) is 22.6. The number of nitrogens with one attached hydrogen (secondary N) is 3. The molecule has 0 unspecified atom stereocenters. The first-order valence-electron chi connectivity index (χ1n) is 11.2. The van der Waals surface area contributed by atoms with Crippen LogP contribution in [0.5, 0.6) is 0 Å². The second-order valence-electron chi connectivity index (χ2n) is 8.44. The molecule has 12 nitrogen and oxygen atoms in total. The van der Waals surface area contributed by atoms with Gasteiger partial charge in [-0.1, -0.05) is 5.16 Å². The second kappa shape index (κ2) is 8.87. The average Bonchev–Trinajstić information content (AvgIpc) is 3.40. The molecule has 2 atom stereocenters. The third-order valence-electron chi connectivity index (χ3n) is 6.20. The zero-order valence-corrected chi connectivity index (χ0v) is 19.8. The number of carbonyl (C=O) groups excluding carboxylic acids is 1. The molecule has 1 aliphatic carbocycles. The van der Waals surface area contributed by atoms with Crippen molar-refractivity contribution in [3.05, 3.63) is 52.4 Å². The first-order chi connectivity index (χ1) is 16.9. The number of carbonyl (C=O) groups is 1. The maximum atomic E-state index is 13.2. The van der Waals surface area contributed by atoms with Crippen molar-refractivity contribution >= 4 is 34.1 Å². The maximum Gasteiger partial charge on any atom is 0.292 e. The Bertz CT molecular complexity index is 1470. The minimum absolute atomic E-state index is 0.00152. The van der Waals surface area contributed by atoms with Gasteiger partial charge in [0.25, 0.3) is 11.5 Å². The summed E-state index contributed by atoms with van der Waals surface area (Å²) in [6.45, 7) is 1.84. The molecule has 4 heterocycles. The van der Waals surface area contributed by atoms with Gasteiger partial charge in [-0.3, -0.25) is 18.8 Å². The lowest BCUT2D eigenvalue weighted by molar-refractivity contribution is 0.00678. The van der Waals surface area contributed by atoms with Gasteiger partial charge in [0.15, 0.2) is 5.52 Å². The van der Waals surface area contributed by atoms with Crippen LogP contribution in [0.25, 0.3) is 16.7 Å². The Hall–Kier alpha value is -4.19. The molecule has 0 spiro atoms. The Balaban J connectivity index is 1.49. The van der Waals surface area contributed by atoms with E-state index in [-0.39, 0.29) is 29.0 Å². The number of aromatic nitrogens is 5. The highest BCUT2D eigenvalue weighted by Gasteiger charge is 2.34. The lowest BCUT2D eigenvalue weighted by Crippen LogP contribution is -2.51. The molecule has 1 fully saturated rings. The van der Waals surface area contributed by atoms with Gasteiger partial charge in [0.1, 0.15) is 17.0 Å². The van der Waals surface area contributed by atoms with Crippen LogP contribution in [0.15, 0.2) is 39.9 Å². The lowest BCUT2D eigenvalue weighted by Gasteiger charge is -2.35. The Morgan fingerprint density at radius 2 is 2.09 bits per heavy atom. The number of ether oxygens (including phenoxy) is 1. The molecule has 4 aromatic heterocycles. The van der Waals surface area contributed by atoms with Crippen molar-refractivity contribution < 1.29 is 14.1 Å². The van der Waals surface area contributed by atoms with E-state index in [9.17, 15) is 9.59 Å². The van der Waals surface area contributed by atoms with Crippen LogP contribution in [0, 0.1) is 6.92 Å². The van der Waals surface area contributed by atoms with E-state index < -0.39 is 5.91 Å². The predicted octanol–water partition coefficient (Wildman–Crippen LogP) is 2.11. The van der Waals surface area contributed by atoms with Crippen LogP contribution in [-0.2, 0) is 11.8 Å². The molecule has 0 saturated heterocycles. The summed E-state index contributed by atoms with van der Waals surface area (Å²) in [5.74, 6) is -0.0614. The van der Waals surface area contributed by atoms with Gasteiger partial charge in [0, 0.05) is 39.7 Å². The molecule has 35 heavy (non-hydrogen) atoms. The van der Waals surface area contributed by atoms with Crippen LogP contribution < -0.4 is 21.5 Å². The predicted molar refractivity (Wildman–Crippen MR) is 129 cm³/mol. The maximum absolute atomic E-state index is 13.2. The molecule has 1 saturated carbocycles. The number of hydrogen-bond acceptors (Lipinski definition) is 9. The van der Waals surface area contributed by atoms with Crippen LogP contribution in [0.1, 0.15) is 29.1 Å². The molecule has 1 aliphatic rings. The second-order valence-corrected chi connectivity index (χ2v) is 8.44. The van der Waals surface area contributed by atoms with Gasteiger partial charge in [0.2, 0.25) is 5.76 Å². The van der Waals surface area contributed by atoms with Crippen LogP contribution in [0.3, 0.4) is 0 Å². The molecule has 182 valence electrons. The zero-order valence-electron chi connectivity index (χ0n) is 19.8. The summed E-state index contributed by atoms with van der Waals surface area (Å²) >= 11 is 0. The van der Waals surface area contributed by atoms with E-state index in [0.717, 1.165) is 18.5 Å². The third kappa shape index (κ3) is 4.01. The van der Waals surface area contributed by atoms with Gasteiger partial charge in [-0.05, 0) is 31.9 Å². The van der Waals surface area contributed by atoms with E-state index in [2.05, 4.69) is 31.2 Å². The Morgan fingerprint density at radius 1 is 1.26 bits per heavy atom. The van der Waals surface area contributed by atoms with Gasteiger partial charge in [-0.25, -0.2) is 4.98 Å². The molecule has 5 rings (SSSR count). The molecule has 12 heteroatoms. The highest BCUT2D eigenvalue weighted by atomic mass is 16.5. The van der Waals surface area contributed by atoms with Crippen LogP contribution in [-0.4, -0.2) is 56.7 Å². The molecular formula is C23H26N8O4. The molecule has 0 radical (unpaired) electrons. The molecule has 3 N–H and O–H groups in total. The summed E-state index contributed by atoms with van der Waals surface area (Å²) in [7, 11) is 5.15. The van der Waals surface area contributed by atoms with E-state index in [1.807, 2.05) is 6.92 Å². The Kier molecular flexibility index (Phi) is 5.73. The SMILES string of the molecule is CNc1cc(Nc2cccn(-c3cn(C)nc3C)c2=O)nc2c(C(=O)N[C@@H]3CC[C@H]3OC)onc12. The monoisotopic (exact) mass is 478 g/mol. The third-order valence-corrected chi connectivity index (χ3v) is 6.20. The number of methoxy groups -OCH3 is 1. The van der Waals surface area contributed by atoms with Crippen molar-refractivity contribution in [2.75, 3.05) is 24.8 Å². The quantitative estimate of drug-likeness (QED) is 0.364. The first-order valence-corrected chi connectivity index (χ1v) is 11.2. The van der Waals surface area contributed by atoms with Crippen molar-refractivity contribution in [3.8, 4) is 5.69 Å². The van der Waals surface area contributed by atoms with Gasteiger partial charge in [-0.15, -0.1) is 0 Å². The summed E-state index contributed by atoms with van der Waals surface area (Å²) in [4.78, 5) is 30.7. The zero-order chi connectivity index (χ0) is 24.7. The summed E-state index contributed by atoms with van der Waals surface area (Å²) in [6.07, 6.45) is 5.16. The normalized spacial score (nSPS) is 17.3. The van der Waals surface area contributed by atoms with Crippen molar-refractivity contribution in [1.29, 1.82) is 0 Å². The minimum Gasteiger partial charge on any atom is -0.386 e. The standard InChI is InChI=1S/C23H26N8O4/c1-12-16(11-30(3)28-12)31-9-5-6-14(23(31)33)25-18-10-15(24-2)19-20(27-18)21(35-29-19)22(32)26-13-7-8-17(13)34-4/h5-6,9-11,13,17,24H,7-8H2,1-4H3,(H,25,27)(H,26,32)/t13-,17-/m1/s1. The Morgan fingerprint density at radius 3 is 2.74 bits per heavy atom. The van der Waals surface area contributed by atoms with E-state index >= 15 is 0 Å². The summed E-state index contributed by atoms with van der Waals surface area (Å²) < 4.78 is 13.9. The van der Waals surface area contributed by atoms with Crippen LogP contribution in [0.2, 0.25) is 0 Å². The summed E-state index contributed by atoms with van der Waals surface area (Å²) in [5.41, 5.74) is 2.74. The van der Waals surface area contributed by atoms with Gasteiger partial charge < -0.3 is 25.2 Å². The van der Waals surface area contributed by atoms with Crippen LogP contribution in [0.4, 0.5) is 17.2 Å². The lowest BCUT2D eigenvalue weighted by atomic mass is 9.89. The number of anilines is 3. The van der Waals surface area contributed by atoms with Crippen molar-refractivity contribution in [3.63, 3.8) is 0 Å². The fraction of sp³-hybridized carbons (Fsp3) is 0.348. The molecule has 4 aromatic rings. The summed E-state index contributed by atoms with van der Waals surface area (Å²) in [6, 6.07) is 5.04. The number of hydrogen-bond donors (Lipinski definition) is 3. The topological polar surface area (TPSA) is 141 Å². The fourth-order valence-corrected chi connectivity index (χ4v) is 4.22. The number of aryl methyl sites for hydroxylation is 2. The van der Waals surface area contributed by atoms with Gasteiger partial charge >= 0.3 is 0 Å². The molecular weight excluding hydrogens is 452 g/mol. The van der Waals surface area contributed by atoms with E-state index in [0.29, 0.717) is 28.4 Å². The fourth-order valence-electron chi connectivity index (χ4n) is 4.22. The van der Waals surface area contributed by atoms with E-state index in [4.69, 9.17) is 9.26 Å². The van der Waals surface area contributed by atoms with Crippen molar-refractivity contribution in [2.24, 2.45) is 7.05 Å². The van der Waals surface area contributed by atoms with E-state index in [1.165, 1.54) is 4.57 Å². The highest BCUT2D eigenvalue weighted by molar-refractivity contribution is 6.05. The minimum atomic E-state index is -0.417. The van der Waals surface area contributed by atoms with Gasteiger partial charge in [0.05, 0.1) is 29.2 Å². The number of nitrogens with zero attached hydrogens (tertiary/aromatic N) is 5. The number of amides is 1. The molecule has 0 aliphatic heterocycles. The van der Waals surface area contributed by atoms with Gasteiger partial charge in [-0.2, -0.15) is 5.10 Å². The highest BCUT2D eigenvalue weighted by Crippen LogP contribution is 2.29. The number of pyridine rings is 2. The van der Waals surface area contributed by atoms with Crippen molar-refractivity contribution in [1.82, 2.24) is 29.8 Å². The van der Waals surface area contributed by atoms with E-state index in [1.54, 1.807) is 56.5 Å². The number of fused-ring (bicyclic) bond motifs is 1. The molecule has 0 bridgehead atoms. The molecule has 0 aromatic carbocycles. The smallest absolute Gasteiger partial charge is 0.292 e. The average molecular weight is 479 g/mol. The molecule has 1 amide bonds. The van der Waals surface area contributed by atoms with Crippen molar-refractivity contribution in [2.45, 2.75) is 31.9 Å². The largest absolute Gasteiger partial charge is 0.386 e. The Labute approximate surface area is 200 Å². The number of rotatable bonds is 7. The summed E-state index contributed by atoms with van der Waals surface area (Å²) in [5, 5.41) is 17.4. The van der Waals surface area contributed by atoms with Crippen LogP contribution >= 0.6 is 0 Å².